The molecule has 8 heteroatoms. The third-order valence-electron chi connectivity index (χ3n) is 4.11. The Balaban J connectivity index is 1.74. The van der Waals surface area contributed by atoms with Crippen molar-refractivity contribution in [2.45, 2.75) is 19.5 Å². The number of benzene rings is 2. The first-order valence-corrected chi connectivity index (χ1v) is 8.44. The van der Waals surface area contributed by atoms with Gasteiger partial charge in [-0.25, -0.2) is 4.39 Å². The first-order valence-electron chi connectivity index (χ1n) is 7.68. The predicted molar refractivity (Wildman–Crippen MR) is 94.7 cm³/mol. The Labute approximate surface area is 158 Å². The molecule has 5 nitrogen and oxygen atoms in total. The molecule has 1 heterocycles. The van der Waals surface area contributed by atoms with Crippen molar-refractivity contribution in [2.75, 3.05) is 0 Å². The summed E-state index contributed by atoms with van der Waals surface area (Å²) in [5.74, 6) is -2.10. The molecule has 1 aliphatic rings. The van der Waals surface area contributed by atoms with Crippen LogP contribution in [0.15, 0.2) is 36.4 Å². The number of amides is 3. The fourth-order valence-electron chi connectivity index (χ4n) is 2.66. The molecule has 0 radical (unpaired) electrons. The number of carbonyl (C=O) groups is 3. The summed E-state index contributed by atoms with van der Waals surface area (Å²) in [6.45, 7) is 1.59. The van der Waals surface area contributed by atoms with E-state index >= 15 is 0 Å². The average Bonchev–Trinajstić information content (AvgIpc) is 2.84. The Morgan fingerprint density at radius 1 is 1.08 bits per heavy atom. The molecule has 3 rings (SSSR count). The molecule has 1 unspecified atom stereocenters. The number of hydrogen-bond acceptors (Lipinski definition) is 3. The van der Waals surface area contributed by atoms with Gasteiger partial charge in [0.25, 0.3) is 11.8 Å². The quantitative estimate of drug-likeness (QED) is 0.807. The van der Waals surface area contributed by atoms with Crippen LogP contribution >= 0.6 is 23.2 Å². The zero-order chi connectivity index (χ0) is 19.0. The summed E-state index contributed by atoms with van der Waals surface area (Å²) in [5, 5.41) is 2.94. The zero-order valence-corrected chi connectivity index (χ0v) is 15.1. The van der Waals surface area contributed by atoms with E-state index in [0.717, 1.165) is 4.90 Å². The zero-order valence-electron chi connectivity index (χ0n) is 13.6. The molecule has 2 aromatic carbocycles. The van der Waals surface area contributed by atoms with Gasteiger partial charge in [0, 0.05) is 6.54 Å². The van der Waals surface area contributed by atoms with E-state index in [1.54, 1.807) is 0 Å². The number of nitrogens with one attached hydrogen (secondary N) is 1. The van der Waals surface area contributed by atoms with Gasteiger partial charge in [0.1, 0.15) is 11.9 Å². The van der Waals surface area contributed by atoms with E-state index in [1.807, 2.05) is 0 Å². The van der Waals surface area contributed by atoms with Crippen molar-refractivity contribution in [3.63, 3.8) is 0 Å². The van der Waals surface area contributed by atoms with Crippen LogP contribution in [0.25, 0.3) is 0 Å². The van der Waals surface area contributed by atoms with Crippen LogP contribution in [-0.4, -0.2) is 28.7 Å². The highest BCUT2D eigenvalue weighted by molar-refractivity contribution is 6.43. The molecule has 0 saturated heterocycles. The minimum Gasteiger partial charge on any atom is -0.350 e. The van der Waals surface area contributed by atoms with Gasteiger partial charge in [0.2, 0.25) is 5.91 Å². The fourth-order valence-corrected chi connectivity index (χ4v) is 2.99. The number of rotatable bonds is 4. The van der Waals surface area contributed by atoms with Gasteiger partial charge in [-0.05, 0) is 36.8 Å². The monoisotopic (exact) mass is 394 g/mol. The maximum Gasteiger partial charge on any atom is 0.262 e. The van der Waals surface area contributed by atoms with Gasteiger partial charge >= 0.3 is 0 Å². The molecule has 1 aliphatic heterocycles. The minimum atomic E-state index is -1.03. The Hall–Kier alpha value is -2.44. The lowest BCUT2D eigenvalue weighted by Gasteiger charge is -2.21. The molecule has 0 aromatic heterocycles. The fraction of sp³-hybridized carbons (Fsp3) is 0.167. The first-order chi connectivity index (χ1) is 12.3. The molecule has 1 atom stereocenters. The van der Waals surface area contributed by atoms with Gasteiger partial charge in [-0.15, -0.1) is 0 Å². The standard InChI is InChI=1S/C18H13Cl2FN2O3/c1-9(16(24)22-8-10-2-4-11(21)5-3-10)23-17(25)12-6-14(19)15(20)7-13(12)18(23)26/h2-7,9H,8H2,1H3,(H,22,24). The van der Waals surface area contributed by atoms with Gasteiger partial charge in [-0.1, -0.05) is 35.3 Å². The van der Waals surface area contributed by atoms with Crippen molar-refractivity contribution >= 4 is 40.9 Å². The summed E-state index contributed by atoms with van der Waals surface area (Å²) >= 11 is 11.8. The molecule has 0 bridgehead atoms. The van der Waals surface area contributed by atoms with Crippen LogP contribution in [-0.2, 0) is 11.3 Å². The first kappa shape index (κ1) is 18.4. The summed E-state index contributed by atoms with van der Waals surface area (Å²) in [4.78, 5) is 38.3. The van der Waals surface area contributed by atoms with Gasteiger partial charge in [-0.2, -0.15) is 0 Å². The molecule has 2 aromatic rings. The van der Waals surface area contributed by atoms with Crippen molar-refractivity contribution < 1.29 is 18.8 Å². The SMILES string of the molecule is CC(C(=O)NCc1ccc(F)cc1)N1C(=O)c2cc(Cl)c(Cl)cc2C1=O. The Morgan fingerprint density at radius 3 is 2.08 bits per heavy atom. The van der Waals surface area contributed by atoms with E-state index < -0.39 is 23.8 Å². The van der Waals surface area contributed by atoms with E-state index in [-0.39, 0.29) is 33.5 Å². The number of halogens is 3. The molecule has 134 valence electrons. The third-order valence-corrected chi connectivity index (χ3v) is 4.83. The molecular formula is C18H13Cl2FN2O3. The van der Waals surface area contributed by atoms with Crippen LogP contribution < -0.4 is 5.32 Å². The molecule has 1 N–H and O–H groups in total. The van der Waals surface area contributed by atoms with Gasteiger partial charge < -0.3 is 5.32 Å². The lowest BCUT2D eigenvalue weighted by molar-refractivity contribution is -0.124. The lowest BCUT2D eigenvalue weighted by atomic mass is 10.1. The molecule has 3 amide bonds. The molecular weight excluding hydrogens is 382 g/mol. The third kappa shape index (κ3) is 3.30. The summed E-state index contributed by atoms with van der Waals surface area (Å²) in [7, 11) is 0. The summed E-state index contributed by atoms with van der Waals surface area (Å²) in [5.41, 5.74) is 0.915. The molecule has 0 saturated carbocycles. The van der Waals surface area contributed by atoms with Gasteiger partial charge in [0.05, 0.1) is 21.2 Å². The van der Waals surface area contributed by atoms with Crippen molar-refractivity contribution in [2.24, 2.45) is 0 Å². The number of imide groups is 1. The highest BCUT2D eigenvalue weighted by Crippen LogP contribution is 2.32. The number of fused-ring (bicyclic) bond motifs is 1. The highest BCUT2D eigenvalue weighted by Gasteiger charge is 2.41. The number of carbonyl (C=O) groups excluding carboxylic acids is 3. The van der Waals surface area contributed by atoms with Crippen LogP contribution in [0.1, 0.15) is 33.2 Å². The Bertz CT molecular complexity index is 874. The van der Waals surface area contributed by atoms with E-state index in [2.05, 4.69) is 5.32 Å². The van der Waals surface area contributed by atoms with Crippen LogP contribution in [0.5, 0.6) is 0 Å². The average molecular weight is 395 g/mol. The number of hydrogen-bond donors (Lipinski definition) is 1. The largest absolute Gasteiger partial charge is 0.350 e. The second-order valence-corrected chi connectivity index (χ2v) is 6.63. The van der Waals surface area contributed by atoms with E-state index in [4.69, 9.17) is 23.2 Å². The minimum absolute atomic E-state index is 0.114. The Kier molecular flexibility index (Phi) is 4.98. The van der Waals surface area contributed by atoms with Crippen LogP contribution in [0.4, 0.5) is 4.39 Å². The molecule has 26 heavy (non-hydrogen) atoms. The number of nitrogens with zero attached hydrogens (tertiary/aromatic N) is 1. The maximum atomic E-state index is 12.9. The summed E-state index contributed by atoms with van der Waals surface area (Å²) < 4.78 is 12.9. The van der Waals surface area contributed by atoms with Crippen LogP contribution in [0, 0.1) is 5.82 Å². The van der Waals surface area contributed by atoms with Crippen molar-refractivity contribution in [3.8, 4) is 0 Å². The summed E-state index contributed by atoms with van der Waals surface area (Å²) in [6.07, 6.45) is 0. The van der Waals surface area contributed by atoms with Crippen molar-refractivity contribution in [1.29, 1.82) is 0 Å². The molecule has 0 aliphatic carbocycles. The van der Waals surface area contributed by atoms with E-state index in [9.17, 15) is 18.8 Å². The van der Waals surface area contributed by atoms with Crippen LogP contribution in [0.3, 0.4) is 0 Å². The van der Waals surface area contributed by atoms with E-state index in [0.29, 0.717) is 5.56 Å². The second kappa shape index (κ2) is 7.05. The lowest BCUT2D eigenvalue weighted by Crippen LogP contribution is -2.47. The second-order valence-electron chi connectivity index (χ2n) is 5.81. The molecule has 0 spiro atoms. The van der Waals surface area contributed by atoms with Gasteiger partial charge in [0.15, 0.2) is 0 Å². The smallest absolute Gasteiger partial charge is 0.262 e. The van der Waals surface area contributed by atoms with Crippen LogP contribution in [0.2, 0.25) is 10.0 Å². The van der Waals surface area contributed by atoms with Crippen molar-refractivity contribution in [3.05, 3.63) is 69.0 Å². The maximum absolute atomic E-state index is 12.9. The van der Waals surface area contributed by atoms with Crippen molar-refractivity contribution in [1.82, 2.24) is 10.2 Å². The summed E-state index contributed by atoms with van der Waals surface area (Å²) in [6, 6.07) is 7.25. The predicted octanol–water partition coefficient (Wildman–Crippen LogP) is 3.43. The highest BCUT2D eigenvalue weighted by atomic mass is 35.5. The molecule has 0 fully saturated rings. The van der Waals surface area contributed by atoms with E-state index in [1.165, 1.54) is 43.3 Å². The topological polar surface area (TPSA) is 66.5 Å². The Morgan fingerprint density at radius 2 is 1.58 bits per heavy atom. The van der Waals surface area contributed by atoms with Gasteiger partial charge in [-0.3, -0.25) is 19.3 Å². The normalized spacial score (nSPS) is 14.4.